The first-order valence-electron chi connectivity index (χ1n) is 6.97. The third-order valence-electron chi connectivity index (χ3n) is 3.03. The summed E-state index contributed by atoms with van der Waals surface area (Å²) in [5.74, 6) is -0.366. The Morgan fingerprint density at radius 3 is 2.57 bits per heavy atom. The lowest BCUT2D eigenvalue weighted by atomic mass is 10.1. The molecule has 0 aliphatic carbocycles. The number of hydrogen-bond donors (Lipinski definition) is 1. The van der Waals surface area contributed by atoms with Gasteiger partial charge in [-0.3, -0.25) is 4.79 Å². The number of ether oxygens (including phenoxy) is 1. The molecule has 23 heavy (non-hydrogen) atoms. The molecule has 0 aromatic heterocycles. The molecule has 1 amide bonds. The fourth-order valence-corrected chi connectivity index (χ4v) is 1.98. The number of benzene rings is 2. The van der Waals surface area contributed by atoms with Gasteiger partial charge in [-0.25, -0.2) is 0 Å². The Balaban J connectivity index is 1.98. The first-order chi connectivity index (χ1) is 10.8. The van der Waals surface area contributed by atoms with Gasteiger partial charge in [0.05, 0.1) is 0 Å². The molecule has 2 rings (SSSR count). The molecule has 3 nitrogen and oxygen atoms in total. The van der Waals surface area contributed by atoms with Gasteiger partial charge in [0.1, 0.15) is 18.9 Å². The Labute approximate surface area is 132 Å². The fourth-order valence-electron chi connectivity index (χ4n) is 1.98. The maximum Gasteiger partial charge on any atom is 0.405 e. The number of aryl methyl sites for hydroxylation is 1. The van der Waals surface area contributed by atoms with Gasteiger partial charge in [-0.05, 0) is 30.7 Å². The predicted molar refractivity (Wildman–Crippen MR) is 80.3 cm³/mol. The Kier molecular flexibility index (Phi) is 5.26. The summed E-state index contributed by atoms with van der Waals surface area (Å²) >= 11 is 0. The lowest BCUT2D eigenvalue weighted by molar-refractivity contribution is -0.123. The van der Waals surface area contributed by atoms with Crippen molar-refractivity contribution in [3.8, 4) is 5.75 Å². The minimum absolute atomic E-state index is 0.121. The highest BCUT2D eigenvalue weighted by Crippen LogP contribution is 2.17. The van der Waals surface area contributed by atoms with Crippen molar-refractivity contribution in [2.24, 2.45) is 0 Å². The Morgan fingerprint density at radius 2 is 1.87 bits per heavy atom. The molecule has 1 N–H and O–H groups in total. The van der Waals surface area contributed by atoms with Crippen molar-refractivity contribution >= 4 is 5.91 Å². The van der Waals surface area contributed by atoms with E-state index in [2.05, 4.69) is 0 Å². The van der Waals surface area contributed by atoms with Gasteiger partial charge >= 0.3 is 6.18 Å². The summed E-state index contributed by atoms with van der Waals surface area (Å²) in [6.07, 6.45) is -4.44. The molecule has 0 aliphatic rings. The zero-order chi connectivity index (χ0) is 16.9. The summed E-state index contributed by atoms with van der Waals surface area (Å²) in [4.78, 5) is 11.7. The largest absolute Gasteiger partial charge is 0.489 e. The third kappa shape index (κ3) is 5.65. The van der Waals surface area contributed by atoms with Gasteiger partial charge in [-0.1, -0.05) is 35.9 Å². The number of carbonyl (C=O) groups is 1. The molecule has 0 radical (unpaired) electrons. The van der Waals surface area contributed by atoms with E-state index in [-0.39, 0.29) is 5.56 Å². The van der Waals surface area contributed by atoms with E-state index in [1.165, 1.54) is 12.1 Å². The van der Waals surface area contributed by atoms with E-state index in [9.17, 15) is 18.0 Å². The minimum Gasteiger partial charge on any atom is -0.489 e. The van der Waals surface area contributed by atoms with Gasteiger partial charge in [0.15, 0.2) is 0 Å². The van der Waals surface area contributed by atoms with Crippen LogP contribution in [0.3, 0.4) is 0 Å². The number of nitrogens with one attached hydrogen (secondary N) is 1. The smallest absolute Gasteiger partial charge is 0.405 e. The molecule has 0 aliphatic heterocycles. The minimum atomic E-state index is -4.44. The fraction of sp³-hybridized carbons (Fsp3) is 0.235. The van der Waals surface area contributed by atoms with Crippen LogP contribution >= 0.6 is 0 Å². The van der Waals surface area contributed by atoms with Crippen molar-refractivity contribution in [3.63, 3.8) is 0 Å². The molecule has 0 unspecified atom stereocenters. The molecule has 0 saturated heterocycles. The number of carbonyl (C=O) groups excluding carboxylic acids is 1. The molecule has 2 aromatic carbocycles. The van der Waals surface area contributed by atoms with Crippen LogP contribution in [-0.2, 0) is 6.61 Å². The SMILES string of the molecule is Cc1cccc(COc2cccc(C(=O)NCC(F)(F)F)c2)c1. The third-order valence-corrected chi connectivity index (χ3v) is 3.03. The van der Waals surface area contributed by atoms with Crippen LogP contribution in [0.15, 0.2) is 48.5 Å². The average Bonchev–Trinajstić information content (AvgIpc) is 2.50. The van der Waals surface area contributed by atoms with Crippen LogP contribution in [0.5, 0.6) is 5.75 Å². The van der Waals surface area contributed by atoms with Crippen LogP contribution in [0.2, 0.25) is 0 Å². The molecular formula is C17H16F3NO2. The summed E-state index contributed by atoms with van der Waals surface area (Å²) < 4.78 is 41.9. The van der Waals surface area contributed by atoms with Gasteiger partial charge in [-0.15, -0.1) is 0 Å². The average molecular weight is 323 g/mol. The standard InChI is InChI=1S/C17H16F3NO2/c1-12-4-2-5-13(8-12)10-23-15-7-3-6-14(9-15)16(22)21-11-17(18,19)20/h2-9H,10-11H2,1H3,(H,21,22). The van der Waals surface area contributed by atoms with E-state index >= 15 is 0 Å². The highest BCUT2D eigenvalue weighted by molar-refractivity contribution is 5.94. The summed E-state index contributed by atoms with van der Waals surface area (Å²) in [6, 6.07) is 13.8. The van der Waals surface area contributed by atoms with Gasteiger partial charge in [-0.2, -0.15) is 13.2 Å². The molecule has 6 heteroatoms. The monoisotopic (exact) mass is 323 g/mol. The summed E-state index contributed by atoms with van der Waals surface area (Å²) in [5, 5.41) is 1.83. The second-order valence-corrected chi connectivity index (χ2v) is 5.10. The maximum atomic E-state index is 12.1. The number of alkyl halides is 3. The molecule has 0 saturated carbocycles. The molecule has 0 fully saturated rings. The summed E-state index contributed by atoms with van der Waals surface area (Å²) in [6.45, 7) is 0.921. The number of rotatable bonds is 5. The van der Waals surface area contributed by atoms with Crippen molar-refractivity contribution in [1.29, 1.82) is 0 Å². The van der Waals surface area contributed by atoms with Crippen molar-refractivity contribution in [3.05, 3.63) is 65.2 Å². The highest BCUT2D eigenvalue weighted by Gasteiger charge is 2.27. The first-order valence-corrected chi connectivity index (χ1v) is 6.97. The zero-order valence-electron chi connectivity index (χ0n) is 12.5. The molecule has 122 valence electrons. The van der Waals surface area contributed by atoms with E-state index < -0.39 is 18.6 Å². The van der Waals surface area contributed by atoms with Crippen molar-refractivity contribution < 1.29 is 22.7 Å². The van der Waals surface area contributed by atoms with E-state index in [4.69, 9.17) is 4.74 Å². The second kappa shape index (κ2) is 7.17. The highest BCUT2D eigenvalue weighted by atomic mass is 19.4. The molecule has 0 bridgehead atoms. The van der Waals surface area contributed by atoms with E-state index in [1.807, 2.05) is 36.5 Å². The molecule has 0 atom stereocenters. The van der Waals surface area contributed by atoms with Gasteiger partial charge in [0.2, 0.25) is 0 Å². The Bertz CT molecular complexity index is 684. The predicted octanol–water partition coefficient (Wildman–Crippen LogP) is 3.87. The van der Waals surface area contributed by atoms with Crippen LogP contribution in [0, 0.1) is 6.92 Å². The zero-order valence-corrected chi connectivity index (χ0v) is 12.5. The van der Waals surface area contributed by atoms with E-state index in [1.54, 1.807) is 12.1 Å². The number of hydrogen-bond acceptors (Lipinski definition) is 2. The van der Waals surface area contributed by atoms with Gasteiger partial charge in [0.25, 0.3) is 5.91 Å². The number of halogens is 3. The van der Waals surface area contributed by atoms with Crippen molar-refractivity contribution in [2.45, 2.75) is 19.7 Å². The quantitative estimate of drug-likeness (QED) is 0.907. The van der Waals surface area contributed by atoms with Crippen LogP contribution in [0.25, 0.3) is 0 Å². The molecule has 2 aromatic rings. The van der Waals surface area contributed by atoms with E-state index in [0.717, 1.165) is 11.1 Å². The van der Waals surface area contributed by atoms with Gasteiger partial charge < -0.3 is 10.1 Å². The van der Waals surface area contributed by atoms with Crippen LogP contribution in [-0.4, -0.2) is 18.6 Å². The number of amides is 1. The van der Waals surface area contributed by atoms with Crippen LogP contribution < -0.4 is 10.1 Å². The molecule has 0 heterocycles. The lowest BCUT2D eigenvalue weighted by Crippen LogP contribution is -2.33. The normalized spacial score (nSPS) is 11.1. The van der Waals surface area contributed by atoms with Crippen molar-refractivity contribution in [2.75, 3.05) is 6.54 Å². The molecule has 0 spiro atoms. The van der Waals surface area contributed by atoms with E-state index in [0.29, 0.717) is 12.4 Å². The van der Waals surface area contributed by atoms with Crippen molar-refractivity contribution in [1.82, 2.24) is 5.32 Å². The molecular weight excluding hydrogens is 307 g/mol. The summed E-state index contributed by atoms with van der Waals surface area (Å²) in [5.41, 5.74) is 2.19. The Morgan fingerprint density at radius 1 is 1.13 bits per heavy atom. The lowest BCUT2D eigenvalue weighted by Gasteiger charge is -2.10. The summed E-state index contributed by atoms with van der Waals surface area (Å²) in [7, 11) is 0. The maximum absolute atomic E-state index is 12.1. The van der Waals surface area contributed by atoms with Crippen LogP contribution in [0.1, 0.15) is 21.5 Å². The first kappa shape index (κ1) is 16.9. The van der Waals surface area contributed by atoms with Gasteiger partial charge in [0, 0.05) is 5.56 Å². The second-order valence-electron chi connectivity index (χ2n) is 5.10. The van der Waals surface area contributed by atoms with Crippen LogP contribution in [0.4, 0.5) is 13.2 Å². The Hall–Kier alpha value is -2.50. The topological polar surface area (TPSA) is 38.3 Å².